The van der Waals surface area contributed by atoms with Crippen LogP contribution in [-0.4, -0.2) is 30.6 Å². The molecule has 1 atom stereocenters. The molecule has 1 saturated heterocycles. The molecule has 32 heavy (non-hydrogen) atoms. The molecule has 0 radical (unpaired) electrons. The quantitative estimate of drug-likeness (QED) is 0.473. The van der Waals surface area contributed by atoms with Crippen LogP contribution in [0.2, 0.25) is 0 Å². The number of likely N-dealkylation sites (tertiary alicyclic amines) is 1. The molecule has 1 unspecified atom stereocenters. The fourth-order valence-corrected chi connectivity index (χ4v) is 4.74. The second kappa shape index (κ2) is 11.0. The van der Waals surface area contributed by atoms with Gasteiger partial charge in [-0.2, -0.15) is 0 Å². The van der Waals surface area contributed by atoms with Crippen LogP contribution in [0.5, 0.6) is 5.75 Å². The molecule has 5 rings (SSSR count). The number of hydrogen-bond donors (Lipinski definition) is 1. The monoisotopic (exact) mass is 471 g/mol. The first-order chi connectivity index (χ1) is 14.8. The Morgan fingerprint density at radius 1 is 0.875 bits per heavy atom. The number of ether oxygens (including phenoxy) is 1. The van der Waals surface area contributed by atoms with Gasteiger partial charge >= 0.3 is 0 Å². The molecule has 0 bridgehead atoms. The number of hydrogen-bond acceptors (Lipinski definition) is 4. The van der Waals surface area contributed by atoms with Crippen molar-refractivity contribution < 1.29 is 4.74 Å². The largest absolute Gasteiger partial charge is 0.487 e. The van der Waals surface area contributed by atoms with Gasteiger partial charge in [-0.05, 0) is 61.7 Å². The maximum absolute atomic E-state index is 6.15. The highest BCUT2D eigenvalue weighted by molar-refractivity contribution is 5.85. The van der Waals surface area contributed by atoms with Crippen molar-refractivity contribution in [3.8, 4) is 5.75 Å². The summed E-state index contributed by atoms with van der Waals surface area (Å²) < 4.78 is 6.15. The summed E-state index contributed by atoms with van der Waals surface area (Å²) in [6.07, 6.45) is 3.57. The number of halogens is 2. The van der Waals surface area contributed by atoms with Gasteiger partial charge in [-0.15, -0.1) is 24.8 Å². The number of para-hydroxylation sites is 3. The minimum Gasteiger partial charge on any atom is -0.487 e. The summed E-state index contributed by atoms with van der Waals surface area (Å²) in [4.78, 5) is 5.14. The van der Waals surface area contributed by atoms with E-state index in [1.807, 2.05) is 12.1 Å². The van der Waals surface area contributed by atoms with Crippen molar-refractivity contribution in [2.45, 2.75) is 31.9 Å². The van der Waals surface area contributed by atoms with E-state index in [1.54, 1.807) is 0 Å². The van der Waals surface area contributed by atoms with Crippen molar-refractivity contribution >= 4 is 41.9 Å². The normalized spacial score (nSPS) is 17.2. The van der Waals surface area contributed by atoms with E-state index in [1.165, 1.54) is 41.9 Å². The molecule has 6 heteroatoms. The van der Waals surface area contributed by atoms with Crippen LogP contribution in [0.1, 0.15) is 24.0 Å². The number of nitrogens with zero attached hydrogens (tertiary/aromatic N) is 2. The molecule has 0 amide bonds. The molecule has 2 aliphatic heterocycles. The molecule has 0 saturated carbocycles. The van der Waals surface area contributed by atoms with Gasteiger partial charge in [0.25, 0.3) is 0 Å². The lowest BCUT2D eigenvalue weighted by Gasteiger charge is -2.32. The van der Waals surface area contributed by atoms with E-state index in [4.69, 9.17) is 10.5 Å². The number of rotatable bonds is 5. The Hall–Kier alpha value is -2.40. The summed E-state index contributed by atoms with van der Waals surface area (Å²) in [7, 11) is 0. The van der Waals surface area contributed by atoms with Crippen LogP contribution in [0.4, 0.5) is 17.1 Å². The average molecular weight is 472 g/mol. The zero-order chi connectivity index (χ0) is 20.3. The van der Waals surface area contributed by atoms with Crippen molar-refractivity contribution in [1.82, 2.24) is 4.90 Å². The van der Waals surface area contributed by atoms with Crippen LogP contribution in [0.3, 0.4) is 0 Å². The van der Waals surface area contributed by atoms with E-state index in [0.29, 0.717) is 12.6 Å². The Bertz CT molecular complexity index is 964. The first-order valence-electron chi connectivity index (χ1n) is 10.9. The second-order valence-corrected chi connectivity index (χ2v) is 8.32. The molecule has 2 aliphatic rings. The van der Waals surface area contributed by atoms with E-state index < -0.39 is 0 Å². The van der Waals surface area contributed by atoms with Crippen molar-refractivity contribution in [1.29, 1.82) is 0 Å². The molecule has 0 aromatic heterocycles. The predicted molar refractivity (Wildman–Crippen MR) is 138 cm³/mol. The van der Waals surface area contributed by atoms with E-state index in [9.17, 15) is 0 Å². The molecule has 2 heterocycles. The maximum Gasteiger partial charge on any atom is 0.143 e. The van der Waals surface area contributed by atoms with Crippen LogP contribution in [0.15, 0.2) is 72.8 Å². The van der Waals surface area contributed by atoms with E-state index in [0.717, 1.165) is 30.9 Å². The van der Waals surface area contributed by atoms with Gasteiger partial charge in [0.15, 0.2) is 0 Å². The molecule has 4 nitrogen and oxygen atoms in total. The van der Waals surface area contributed by atoms with Crippen molar-refractivity contribution in [3.05, 3.63) is 83.9 Å². The third-order valence-electron chi connectivity index (χ3n) is 6.38. The van der Waals surface area contributed by atoms with Crippen molar-refractivity contribution in [2.75, 3.05) is 30.3 Å². The van der Waals surface area contributed by atoms with Crippen molar-refractivity contribution in [3.63, 3.8) is 0 Å². The maximum atomic E-state index is 6.15. The fourth-order valence-electron chi connectivity index (χ4n) is 4.74. The fraction of sp³-hybridized carbons (Fsp3) is 0.308. The zero-order valence-electron chi connectivity index (χ0n) is 18.2. The molecule has 2 N–H and O–H groups in total. The second-order valence-electron chi connectivity index (χ2n) is 8.32. The zero-order valence-corrected chi connectivity index (χ0v) is 19.8. The molecule has 3 aromatic carbocycles. The van der Waals surface area contributed by atoms with Gasteiger partial charge in [0.2, 0.25) is 0 Å². The minimum absolute atomic E-state index is 0. The summed E-state index contributed by atoms with van der Waals surface area (Å²) >= 11 is 0. The van der Waals surface area contributed by atoms with Gasteiger partial charge in [-0.25, -0.2) is 0 Å². The van der Waals surface area contributed by atoms with Crippen LogP contribution < -0.4 is 15.4 Å². The summed E-state index contributed by atoms with van der Waals surface area (Å²) in [6.45, 7) is 3.86. The first-order valence-corrected chi connectivity index (χ1v) is 10.9. The highest BCUT2D eigenvalue weighted by Gasteiger charge is 2.29. The Morgan fingerprint density at radius 3 is 2.41 bits per heavy atom. The smallest absolute Gasteiger partial charge is 0.143 e. The Labute approximate surface area is 203 Å². The predicted octanol–water partition coefficient (Wildman–Crippen LogP) is 5.85. The number of nitrogens with two attached hydrogens (primary N) is 1. The number of nitrogen functional groups attached to an aromatic ring is 1. The molecule has 3 aromatic rings. The molecule has 0 spiro atoms. The van der Waals surface area contributed by atoms with Gasteiger partial charge < -0.3 is 15.4 Å². The molecule has 1 fully saturated rings. The highest BCUT2D eigenvalue weighted by atomic mass is 35.5. The Morgan fingerprint density at radius 2 is 1.59 bits per heavy atom. The van der Waals surface area contributed by atoms with Crippen LogP contribution in [0, 0.1) is 0 Å². The highest BCUT2D eigenvalue weighted by Crippen LogP contribution is 2.40. The Balaban J connectivity index is 0.00000144. The van der Waals surface area contributed by atoms with Crippen LogP contribution in [0.25, 0.3) is 0 Å². The number of anilines is 3. The first kappa shape index (κ1) is 24.2. The van der Waals surface area contributed by atoms with Gasteiger partial charge in [0, 0.05) is 36.1 Å². The van der Waals surface area contributed by atoms with Crippen molar-refractivity contribution in [2.24, 2.45) is 0 Å². The average Bonchev–Trinajstić information content (AvgIpc) is 3.16. The summed E-state index contributed by atoms with van der Waals surface area (Å²) in [5, 5.41) is 0. The van der Waals surface area contributed by atoms with E-state index in [2.05, 4.69) is 70.5 Å². The van der Waals surface area contributed by atoms with Gasteiger partial charge in [-0.1, -0.05) is 42.5 Å². The topological polar surface area (TPSA) is 41.7 Å². The number of fused-ring (bicyclic) bond motifs is 2. The molecular formula is C26H31Cl2N3O. The summed E-state index contributed by atoms with van der Waals surface area (Å²) in [5.74, 6) is 0.972. The van der Waals surface area contributed by atoms with Crippen LogP contribution >= 0.6 is 24.8 Å². The van der Waals surface area contributed by atoms with Crippen LogP contribution in [-0.2, 0) is 13.0 Å². The molecule has 0 aliphatic carbocycles. The molecule has 170 valence electrons. The lowest BCUT2D eigenvalue weighted by atomic mass is 10.1. The van der Waals surface area contributed by atoms with Gasteiger partial charge in [-0.3, -0.25) is 4.90 Å². The summed E-state index contributed by atoms with van der Waals surface area (Å²) in [6, 6.07) is 25.9. The van der Waals surface area contributed by atoms with E-state index >= 15 is 0 Å². The lowest BCUT2D eigenvalue weighted by Crippen LogP contribution is -2.39. The summed E-state index contributed by atoms with van der Waals surface area (Å²) in [5.41, 5.74) is 11.7. The van der Waals surface area contributed by atoms with E-state index in [-0.39, 0.29) is 24.8 Å². The minimum atomic E-state index is 0. The standard InChI is InChI=1S/C26H29N3O.2ClH/c27-22-13-11-20(12-14-22)15-17-28-16-5-7-23(28)18-29-24-8-2-1-6-21(24)19-30-26-10-4-3-9-25(26)29;;/h1-4,6,8-14,23H,5,7,15-19,27H2;2*1H. The lowest BCUT2D eigenvalue weighted by molar-refractivity contribution is 0.261. The SMILES string of the molecule is Cl.Cl.Nc1ccc(CCN2CCCC2CN2c3ccccc3COc3ccccc32)cc1. The number of benzene rings is 3. The van der Waals surface area contributed by atoms with Gasteiger partial charge in [0.1, 0.15) is 12.4 Å². The Kier molecular flexibility index (Phi) is 8.30. The molecular weight excluding hydrogens is 441 g/mol. The third kappa shape index (κ3) is 5.15. The third-order valence-corrected chi connectivity index (χ3v) is 6.38. The van der Waals surface area contributed by atoms with Gasteiger partial charge in [0.05, 0.1) is 5.69 Å².